The Hall–Kier alpha value is -4.79. The lowest BCUT2D eigenvalue weighted by Gasteiger charge is -2.11. The van der Waals surface area contributed by atoms with Gasteiger partial charge in [0, 0.05) is 18.8 Å². The van der Waals surface area contributed by atoms with Crippen LogP contribution in [-0.4, -0.2) is 38.0 Å². The van der Waals surface area contributed by atoms with Crippen LogP contribution in [0, 0.1) is 0 Å². The van der Waals surface area contributed by atoms with Gasteiger partial charge in [0.05, 0.1) is 0 Å². The molecule has 3 aromatic carbocycles. The van der Waals surface area contributed by atoms with Crippen molar-refractivity contribution in [1.82, 2.24) is 19.5 Å². The molecule has 0 spiro atoms. The zero-order chi connectivity index (χ0) is 24.3. The first kappa shape index (κ1) is 21.7. The summed E-state index contributed by atoms with van der Waals surface area (Å²) in [7, 11) is 0. The molecule has 9 nitrogen and oxygen atoms in total. The van der Waals surface area contributed by atoms with E-state index in [1.54, 1.807) is 18.5 Å². The Balaban J connectivity index is 1.28. The number of fused-ring (bicyclic) bond motifs is 2. The maximum Gasteiger partial charge on any atom is 0.231 e. The third-order valence-corrected chi connectivity index (χ3v) is 5.96. The topological polar surface area (TPSA) is 106 Å². The first-order valence-electron chi connectivity index (χ1n) is 11.7. The molecule has 0 atom stereocenters. The Labute approximate surface area is 207 Å². The van der Waals surface area contributed by atoms with Crippen molar-refractivity contribution < 1.29 is 14.6 Å². The van der Waals surface area contributed by atoms with Gasteiger partial charge in [-0.15, -0.1) is 0 Å². The Kier molecular flexibility index (Phi) is 5.71. The van der Waals surface area contributed by atoms with Gasteiger partial charge < -0.3 is 25.2 Å². The predicted molar refractivity (Wildman–Crippen MR) is 137 cm³/mol. The Morgan fingerprint density at radius 2 is 1.67 bits per heavy atom. The van der Waals surface area contributed by atoms with Crippen molar-refractivity contribution in [3.8, 4) is 22.9 Å². The predicted octanol–water partition coefficient (Wildman–Crippen LogP) is 4.52. The van der Waals surface area contributed by atoms with Crippen LogP contribution in [0.2, 0.25) is 0 Å². The molecule has 0 radical (unpaired) electrons. The average Bonchev–Trinajstić information content (AvgIpc) is 3.56. The van der Waals surface area contributed by atoms with Crippen molar-refractivity contribution >= 4 is 22.9 Å². The summed E-state index contributed by atoms with van der Waals surface area (Å²) in [6.45, 7) is 1.42. The van der Waals surface area contributed by atoms with Gasteiger partial charge in [0.25, 0.3) is 0 Å². The van der Waals surface area contributed by atoms with Crippen LogP contribution in [0.3, 0.4) is 0 Å². The molecule has 3 N–H and O–H groups in total. The molecule has 0 amide bonds. The summed E-state index contributed by atoms with van der Waals surface area (Å²) in [4.78, 5) is 14.1. The van der Waals surface area contributed by atoms with Crippen molar-refractivity contribution in [2.24, 2.45) is 0 Å². The zero-order valence-corrected chi connectivity index (χ0v) is 19.4. The number of aromatic nitrogens is 4. The molecule has 0 bridgehead atoms. The summed E-state index contributed by atoms with van der Waals surface area (Å²) in [5.74, 6) is 2.90. The number of anilines is 2. The maximum atomic E-state index is 9.52. The van der Waals surface area contributed by atoms with E-state index in [-0.39, 0.29) is 12.5 Å². The molecule has 0 saturated heterocycles. The second kappa shape index (κ2) is 9.46. The monoisotopic (exact) mass is 480 g/mol. The van der Waals surface area contributed by atoms with E-state index >= 15 is 0 Å². The number of hydrogen-bond donors (Lipinski definition) is 3. The van der Waals surface area contributed by atoms with E-state index in [0.29, 0.717) is 36.0 Å². The number of rotatable bonds is 8. The Morgan fingerprint density at radius 1 is 0.861 bits per heavy atom. The van der Waals surface area contributed by atoms with E-state index < -0.39 is 0 Å². The molecule has 36 heavy (non-hydrogen) atoms. The second-order valence-corrected chi connectivity index (χ2v) is 8.40. The number of imidazole rings is 1. The highest BCUT2D eigenvalue weighted by molar-refractivity contribution is 5.85. The molecule has 0 unspecified atom stereocenters. The van der Waals surface area contributed by atoms with Gasteiger partial charge in [-0.05, 0) is 53.9 Å². The van der Waals surface area contributed by atoms with E-state index in [1.165, 1.54) is 0 Å². The van der Waals surface area contributed by atoms with Gasteiger partial charge in [-0.1, -0.05) is 36.4 Å². The molecular weight excluding hydrogens is 456 g/mol. The molecule has 3 heterocycles. The quantitative estimate of drug-likeness (QED) is 0.298. The number of phenolic OH excluding ortho intramolecular Hbond substituents is 1. The first-order chi connectivity index (χ1) is 17.7. The summed E-state index contributed by atoms with van der Waals surface area (Å²) >= 11 is 0. The van der Waals surface area contributed by atoms with Crippen molar-refractivity contribution in [1.29, 1.82) is 0 Å². The fraction of sp³-hybridized carbons (Fsp3) is 0.148. The minimum Gasteiger partial charge on any atom is -0.508 e. The fourth-order valence-corrected chi connectivity index (χ4v) is 4.10. The molecule has 9 heteroatoms. The number of aromatic hydroxyl groups is 1. The van der Waals surface area contributed by atoms with Crippen molar-refractivity contribution in [3.05, 3.63) is 90.3 Å². The van der Waals surface area contributed by atoms with Gasteiger partial charge in [-0.25, -0.2) is 4.98 Å². The number of ether oxygens (including phenoxy) is 2. The van der Waals surface area contributed by atoms with Gasteiger partial charge in [-0.2, -0.15) is 9.97 Å². The third kappa shape index (κ3) is 4.46. The van der Waals surface area contributed by atoms with Crippen LogP contribution >= 0.6 is 0 Å². The third-order valence-electron chi connectivity index (χ3n) is 5.96. The molecule has 180 valence electrons. The first-order valence-corrected chi connectivity index (χ1v) is 11.7. The highest BCUT2D eigenvalue weighted by atomic mass is 16.7. The smallest absolute Gasteiger partial charge is 0.231 e. The highest BCUT2D eigenvalue weighted by Gasteiger charge is 2.16. The largest absolute Gasteiger partial charge is 0.508 e. The SMILES string of the molecule is Oc1ccc(CCNc2nc(NCc3ccc4c(c3)OCO4)nc3c2ncn3-c2ccccc2)cc1. The van der Waals surface area contributed by atoms with E-state index in [1.807, 2.05) is 65.2 Å². The molecule has 5 aromatic rings. The number of phenols is 1. The number of hydrogen-bond acceptors (Lipinski definition) is 8. The zero-order valence-electron chi connectivity index (χ0n) is 19.4. The molecule has 6 rings (SSSR count). The summed E-state index contributed by atoms with van der Waals surface area (Å²) in [6.07, 6.45) is 2.53. The molecule has 1 aliphatic heterocycles. The highest BCUT2D eigenvalue weighted by Crippen LogP contribution is 2.32. The van der Waals surface area contributed by atoms with Gasteiger partial charge in [0.15, 0.2) is 28.5 Å². The number of nitrogens with zero attached hydrogens (tertiary/aromatic N) is 4. The number of para-hydroxylation sites is 1. The Morgan fingerprint density at radius 3 is 2.53 bits per heavy atom. The van der Waals surface area contributed by atoms with Crippen LogP contribution in [-0.2, 0) is 13.0 Å². The summed E-state index contributed by atoms with van der Waals surface area (Å²) in [5, 5.41) is 16.3. The minimum atomic E-state index is 0.245. The molecule has 0 fully saturated rings. The average molecular weight is 481 g/mol. The molecular formula is C27H24N6O3. The number of nitrogens with one attached hydrogen (secondary N) is 2. The maximum absolute atomic E-state index is 9.52. The lowest BCUT2D eigenvalue weighted by atomic mass is 10.1. The molecule has 1 aliphatic rings. The normalized spacial score (nSPS) is 12.1. The van der Waals surface area contributed by atoms with E-state index in [0.717, 1.165) is 34.7 Å². The van der Waals surface area contributed by atoms with Crippen LogP contribution in [0.1, 0.15) is 11.1 Å². The van der Waals surface area contributed by atoms with Gasteiger partial charge in [0.1, 0.15) is 12.1 Å². The summed E-state index contributed by atoms with van der Waals surface area (Å²) in [6, 6.07) is 23.0. The molecule has 0 saturated carbocycles. The van der Waals surface area contributed by atoms with Gasteiger partial charge in [0.2, 0.25) is 12.7 Å². The fourth-order valence-electron chi connectivity index (χ4n) is 4.10. The molecule has 2 aromatic heterocycles. The van der Waals surface area contributed by atoms with Crippen LogP contribution in [0.15, 0.2) is 79.1 Å². The summed E-state index contributed by atoms with van der Waals surface area (Å²) in [5.41, 5.74) is 4.51. The second-order valence-electron chi connectivity index (χ2n) is 8.40. The lowest BCUT2D eigenvalue weighted by Crippen LogP contribution is -2.11. The van der Waals surface area contributed by atoms with Gasteiger partial charge >= 0.3 is 0 Å². The van der Waals surface area contributed by atoms with Gasteiger partial charge in [-0.3, -0.25) is 4.57 Å². The van der Waals surface area contributed by atoms with Crippen LogP contribution in [0.5, 0.6) is 17.2 Å². The van der Waals surface area contributed by atoms with Crippen LogP contribution in [0.4, 0.5) is 11.8 Å². The molecule has 0 aliphatic carbocycles. The van der Waals surface area contributed by atoms with E-state index in [9.17, 15) is 5.11 Å². The van der Waals surface area contributed by atoms with E-state index in [2.05, 4.69) is 15.6 Å². The summed E-state index contributed by atoms with van der Waals surface area (Å²) < 4.78 is 12.8. The Bertz CT molecular complexity index is 1500. The minimum absolute atomic E-state index is 0.245. The van der Waals surface area contributed by atoms with E-state index in [4.69, 9.17) is 19.4 Å². The van der Waals surface area contributed by atoms with Crippen molar-refractivity contribution in [2.75, 3.05) is 24.0 Å². The number of benzene rings is 3. The van der Waals surface area contributed by atoms with Crippen LogP contribution < -0.4 is 20.1 Å². The van der Waals surface area contributed by atoms with Crippen molar-refractivity contribution in [2.45, 2.75) is 13.0 Å². The standard InChI is InChI=1S/C27H24N6O3/c34-21-9-6-18(7-10-21)12-13-28-25-24-26(33(16-30-24)20-4-2-1-3-5-20)32-27(31-25)29-15-19-8-11-22-23(14-19)36-17-35-22/h1-11,14,16,34H,12-13,15,17H2,(H2,28,29,31,32). The lowest BCUT2D eigenvalue weighted by molar-refractivity contribution is 0.174. The van der Waals surface area contributed by atoms with Crippen molar-refractivity contribution in [3.63, 3.8) is 0 Å². The van der Waals surface area contributed by atoms with Crippen LogP contribution in [0.25, 0.3) is 16.9 Å².